The molecule has 0 aliphatic carbocycles. The van der Waals surface area contributed by atoms with Crippen molar-refractivity contribution in [1.29, 1.82) is 10.8 Å². The van der Waals surface area contributed by atoms with Crippen molar-refractivity contribution in [3.63, 3.8) is 0 Å². The summed E-state index contributed by atoms with van der Waals surface area (Å²) in [5.74, 6) is 1.23. The fraction of sp³-hybridized carbons (Fsp3) is 0.357. The number of hydrogen-bond donors (Lipinski definition) is 3. The molecule has 4 N–H and O–H groups in total. The summed E-state index contributed by atoms with van der Waals surface area (Å²) in [6.07, 6.45) is 2.40. The molecule has 9 nitrogen and oxygen atoms in total. The third-order valence-corrected chi connectivity index (χ3v) is 10.1. The predicted octanol–water partition coefficient (Wildman–Crippen LogP) is 4.08. The molecular formula is C28H34N6O3S2. The van der Waals surface area contributed by atoms with Gasteiger partial charge in [0.15, 0.2) is 5.96 Å². The number of nitrogens with one attached hydrogen (secondary N) is 2. The van der Waals surface area contributed by atoms with Crippen LogP contribution in [0, 0.1) is 10.8 Å². The van der Waals surface area contributed by atoms with E-state index >= 15 is 0 Å². The minimum atomic E-state index is -3.78. The number of likely N-dealkylation sites (tertiary alicyclic amines) is 1. The molecule has 1 saturated heterocycles. The molecule has 3 aromatic rings. The van der Waals surface area contributed by atoms with Crippen LogP contribution in [0.25, 0.3) is 0 Å². The number of guanidine groups is 1. The summed E-state index contributed by atoms with van der Waals surface area (Å²) in [5.41, 5.74) is 8.42. The maximum atomic E-state index is 13.6. The molecule has 0 bridgehead atoms. The average molecular weight is 567 g/mol. The van der Waals surface area contributed by atoms with Crippen molar-refractivity contribution in [1.82, 2.24) is 9.80 Å². The highest BCUT2D eigenvalue weighted by Gasteiger charge is 2.27. The van der Waals surface area contributed by atoms with Crippen LogP contribution in [-0.2, 0) is 23.0 Å². The number of piperidine rings is 1. The second-order valence-corrected chi connectivity index (χ2v) is 12.6. The lowest BCUT2D eigenvalue weighted by Crippen LogP contribution is -2.41. The van der Waals surface area contributed by atoms with Crippen molar-refractivity contribution in [3.8, 4) is 5.75 Å². The zero-order valence-corrected chi connectivity index (χ0v) is 23.6. The molecule has 206 valence electrons. The van der Waals surface area contributed by atoms with E-state index in [9.17, 15) is 8.42 Å². The Balaban J connectivity index is 1.24. The Morgan fingerprint density at radius 2 is 1.79 bits per heavy atom. The van der Waals surface area contributed by atoms with E-state index in [4.69, 9.17) is 21.3 Å². The standard InChI is InChI=1S/C28H34N6O3S2/c1-2-34(22-6-5-20-11-14-33(28(30)31)19-21(20)18-22)39(35,36)25-9-7-23(8-10-25)37-24-12-15-32(16-13-24)27(29)26-4-3-17-38-26/h3-10,17-18,24,29H,2,11-16,19H2,1H3,(H3,30,31). The molecule has 2 aliphatic heterocycles. The Bertz CT molecular complexity index is 1430. The second-order valence-electron chi connectivity index (χ2n) is 9.78. The molecule has 1 aromatic heterocycles. The van der Waals surface area contributed by atoms with Gasteiger partial charge in [-0.2, -0.15) is 0 Å². The van der Waals surface area contributed by atoms with E-state index < -0.39 is 10.0 Å². The quantitative estimate of drug-likeness (QED) is 0.292. The zero-order valence-electron chi connectivity index (χ0n) is 22.0. The largest absolute Gasteiger partial charge is 0.490 e. The van der Waals surface area contributed by atoms with Gasteiger partial charge in [0.1, 0.15) is 17.7 Å². The predicted molar refractivity (Wildman–Crippen MR) is 155 cm³/mol. The highest BCUT2D eigenvalue weighted by atomic mass is 32.2. The van der Waals surface area contributed by atoms with Gasteiger partial charge in [-0.25, -0.2) is 8.42 Å². The number of benzene rings is 2. The van der Waals surface area contributed by atoms with Crippen LogP contribution in [0.15, 0.2) is 64.9 Å². The molecule has 11 heteroatoms. The van der Waals surface area contributed by atoms with Gasteiger partial charge in [-0.05, 0) is 72.3 Å². The Morgan fingerprint density at radius 3 is 2.44 bits per heavy atom. The van der Waals surface area contributed by atoms with Crippen LogP contribution in [0.4, 0.5) is 5.69 Å². The van der Waals surface area contributed by atoms with Crippen LogP contribution in [-0.4, -0.2) is 62.3 Å². The van der Waals surface area contributed by atoms with E-state index in [1.54, 1.807) is 40.5 Å². The zero-order chi connectivity index (χ0) is 27.6. The van der Waals surface area contributed by atoms with Crippen molar-refractivity contribution >= 4 is 38.8 Å². The summed E-state index contributed by atoms with van der Waals surface area (Å²) >= 11 is 1.58. The molecule has 3 heterocycles. The number of fused-ring (bicyclic) bond motifs is 1. The number of nitrogens with zero attached hydrogens (tertiary/aromatic N) is 3. The fourth-order valence-corrected chi connectivity index (χ4v) is 7.34. The highest BCUT2D eigenvalue weighted by molar-refractivity contribution is 7.92. The number of amidine groups is 1. The Labute approximate surface area is 233 Å². The average Bonchev–Trinajstić information content (AvgIpc) is 3.48. The summed E-state index contributed by atoms with van der Waals surface area (Å²) in [7, 11) is -3.78. The molecule has 0 saturated carbocycles. The second kappa shape index (κ2) is 11.3. The molecule has 5 rings (SSSR count). The van der Waals surface area contributed by atoms with Gasteiger partial charge in [0.25, 0.3) is 10.0 Å². The molecule has 0 amide bonds. The number of ether oxygens (including phenoxy) is 1. The maximum absolute atomic E-state index is 13.6. The Morgan fingerprint density at radius 1 is 1.05 bits per heavy atom. The van der Waals surface area contributed by atoms with Crippen molar-refractivity contribution in [2.24, 2.45) is 5.73 Å². The van der Waals surface area contributed by atoms with Gasteiger partial charge in [0.05, 0.1) is 15.5 Å². The number of thiophene rings is 1. The molecule has 0 radical (unpaired) electrons. The molecule has 0 spiro atoms. The number of rotatable bonds is 7. The monoisotopic (exact) mass is 566 g/mol. The van der Waals surface area contributed by atoms with E-state index in [2.05, 4.69) is 4.90 Å². The third kappa shape index (κ3) is 5.74. The highest BCUT2D eigenvalue weighted by Crippen LogP contribution is 2.30. The van der Waals surface area contributed by atoms with Gasteiger partial charge in [0, 0.05) is 45.6 Å². The van der Waals surface area contributed by atoms with Crippen LogP contribution in [0.2, 0.25) is 0 Å². The molecular weight excluding hydrogens is 532 g/mol. The number of sulfonamides is 1. The molecule has 1 fully saturated rings. The number of hydrogen-bond acceptors (Lipinski definition) is 6. The number of anilines is 1. The normalized spacial score (nSPS) is 16.0. The van der Waals surface area contributed by atoms with Crippen LogP contribution >= 0.6 is 11.3 Å². The van der Waals surface area contributed by atoms with Crippen LogP contribution in [0.3, 0.4) is 0 Å². The van der Waals surface area contributed by atoms with E-state index in [1.807, 2.05) is 42.6 Å². The van der Waals surface area contributed by atoms with Gasteiger partial charge in [-0.1, -0.05) is 12.1 Å². The van der Waals surface area contributed by atoms with Gasteiger partial charge < -0.3 is 20.3 Å². The Kier molecular flexibility index (Phi) is 7.81. The first-order chi connectivity index (χ1) is 18.8. The minimum Gasteiger partial charge on any atom is -0.490 e. The minimum absolute atomic E-state index is 0.0248. The first-order valence-corrected chi connectivity index (χ1v) is 15.5. The number of nitrogens with two attached hydrogens (primary N) is 1. The van der Waals surface area contributed by atoms with E-state index in [-0.39, 0.29) is 23.5 Å². The lowest BCUT2D eigenvalue weighted by molar-refractivity contribution is 0.131. The lowest BCUT2D eigenvalue weighted by Gasteiger charge is -2.33. The fourth-order valence-electron chi connectivity index (χ4n) is 5.17. The van der Waals surface area contributed by atoms with Gasteiger partial charge in [-0.3, -0.25) is 15.1 Å². The topological polar surface area (TPSA) is 127 Å². The van der Waals surface area contributed by atoms with Gasteiger partial charge in [0.2, 0.25) is 0 Å². The lowest BCUT2D eigenvalue weighted by atomic mass is 9.99. The summed E-state index contributed by atoms with van der Waals surface area (Å²) in [5, 5.41) is 18.1. The van der Waals surface area contributed by atoms with Crippen molar-refractivity contribution in [2.45, 2.75) is 43.7 Å². The first kappa shape index (κ1) is 27.0. The Hall–Kier alpha value is -3.57. The summed E-state index contributed by atoms with van der Waals surface area (Å²) in [4.78, 5) is 5.05. The SMILES string of the molecule is CCN(c1ccc2c(c1)CN(C(=N)N)CC2)S(=O)(=O)c1ccc(OC2CCN(C(=N)c3cccs3)CC2)cc1. The smallest absolute Gasteiger partial charge is 0.264 e. The molecule has 39 heavy (non-hydrogen) atoms. The molecule has 0 unspecified atom stereocenters. The summed E-state index contributed by atoms with van der Waals surface area (Å²) in [6.45, 7) is 4.80. The van der Waals surface area contributed by atoms with E-state index in [1.165, 1.54) is 4.31 Å². The molecule has 2 aromatic carbocycles. The molecule has 2 aliphatic rings. The van der Waals surface area contributed by atoms with Crippen molar-refractivity contribution < 1.29 is 13.2 Å². The van der Waals surface area contributed by atoms with Crippen LogP contribution in [0.1, 0.15) is 35.8 Å². The molecule has 0 atom stereocenters. The van der Waals surface area contributed by atoms with Gasteiger partial charge >= 0.3 is 0 Å². The van der Waals surface area contributed by atoms with Crippen LogP contribution < -0.4 is 14.8 Å². The summed E-state index contributed by atoms with van der Waals surface area (Å²) in [6, 6.07) is 16.3. The van der Waals surface area contributed by atoms with Crippen molar-refractivity contribution in [3.05, 3.63) is 76.0 Å². The van der Waals surface area contributed by atoms with Gasteiger partial charge in [-0.15, -0.1) is 11.3 Å². The summed E-state index contributed by atoms with van der Waals surface area (Å²) < 4.78 is 34.8. The van der Waals surface area contributed by atoms with Crippen molar-refractivity contribution in [2.75, 3.05) is 30.5 Å². The third-order valence-electron chi connectivity index (χ3n) is 7.35. The maximum Gasteiger partial charge on any atom is 0.264 e. The van der Waals surface area contributed by atoms with Crippen LogP contribution in [0.5, 0.6) is 5.75 Å². The first-order valence-electron chi connectivity index (χ1n) is 13.1. The van der Waals surface area contributed by atoms with E-state index in [0.29, 0.717) is 30.4 Å². The van der Waals surface area contributed by atoms with E-state index in [0.717, 1.165) is 48.4 Å².